The van der Waals surface area contributed by atoms with Gasteiger partial charge in [-0.25, -0.2) is 4.79 Å². The van der Waals surface area contributed by atoms with Crippen molar-refractivity contribution in [2.75, 3.05) is 13.7 Å². The molecule has 0 bridgehead atoms. The van der Waals surface area contributed by atoms with Crippen molar-refractivity contribution >= 4 is 5.97 Å². The Bertz CT molecular complexity index is 1290. The largest absolute Gasteiger partial charge is 0.494 e. The molecule has 0 fully saturated rings. The van der Waals surface area contributed by atoms with Gasteiger partial charge in [0.25, 0.3) is 0 Å². The number of esters is 1. The maximum Gasteiger partial charge on any atom is 0.337 e. The highest BCUT2D eigenvalue weighted by molar-refractivity contribution is 5.89. The van der Waals surface area contributed by atoms with Gasteiger partial charge in [0.05, 0.1) is 19.3 Å². The maximum absolute atomic E-state index is 11.7. The number of hydrogen-bond acceptors (Lipinski definition) is 5. The minimum atomic E-state index is -0.359. The smallest absolute Gasteiger partial charge is 0.337 e. The van der Waals surface area contributed by atoms with Crippen molar-refractivity contribution in [3.8, 4) is 17.2 Å². The minimum Gasteiger partial charge on any atom is -0.494 e. The van der Waals surface area contributed by atoms with Gasteiger partial charge in [-0.3, -0.25) is 0 Å². The summed E-state index contributed by atoms with van der Waals surface area (Å²) in [6, 6.07) is 33.6. The first-order valence-corrected chi connectivity index (χ1v) is 13.5. The molecule has 0 aliphatic rings. The third-order valence-electron chi connectivity index (χ3n) is 6.39. The number of unbranched alkanes of at least 4 members (excludes halogenated alkanes) is 3. The van der Waals surface area contributed by atoms with Gasteiger partial charge in [0.2, 0.25) is 0 Å². The topological polar surface area (TPSA) is 54.0 Å². The molecule has 0 atom stereocenters. The Morgan fingerprint density at radius 3 is 2.03 bits per heavy atom. The predicted molar refractivity (Wildman–Crippen MR) is 153 cm³/mol. The molecule has 0 aliphatic carbocycles. The highest BCUT2D eigenvalue weighted by atomic mass is 16.5. The number of carbonyl (C=O) groups is 1. The molecule has 5 heteroatoms. The molecule has 0 heterocycles. The molecule has 0 aliphatic heterocycles. The Morgan fingerprint density at radius 1 is 0.641 bits per heavy atom. The third-order valence-corrected chi connectivity index (χ3v) is 6.39. The Hall–Kier alpha value is -4.25. The first kappa shape index (κ1) is 27.8. The van der Waals surface area contributed by atoms with Gasteiger partial charge in [-0.2, -0.15) is 0 Å². The summed E-state index contributed by atoms with van der Waals surface area (Å²) in [7, 11) is 1.38. The number of methoxy groups -OCH3 is 1. The van der Waals surface area contributed by atoms with Crippen LogP contribution in [0.1, 0.15) is 52.7 Å². The van der Waals surface area contributed by atoms with Crippen LogP contribution in [0.2, 0.25) is 0 Å². The summed E-state index contributed by atoms with van der Waals surface area (Å²) in [4.78, 5) is 11.7. The second-order valence-electron chi connectivity index (χ2n) is 9.33. The van der Waals surface area contributed by atoms with E-state index in [1.807, 2.05) is 54.6 Å². The summed E-state index contributed by atoms with van der Waals surface area (Å²) in [5.41, 5.74) is 3.90. The summed E-state index contributed by atoms with van der Waals surface area (Å²) in [5.74, 6) is 1.92. The van der Waals surface area contributed by atoms with Gasteiger partial charge in [0.15, 0.2) is 11.5 Å². The van der Waals surface area contributed by atoms with E-state index in [-0.39, 0.29) is 5.97 Å². The monoisotopic (exact) mass is 524 g/mol. The normalized spacial score (nSPS) is 10.6. The van der Waals surface area contributed by atoms with Gasteiger partial charge in [-0.15, -0.1) is 0 Å². The minimum absolute atomic E-state index is 0.359. The van der Waals surface area contributed by atoms with E-state index >= 15 is 0 Å². The molecule has 202 valence electrons. The molecule has 4 aromatic rings. The zero-order chi connectivity index (χ0) is 27.1. The molecule has 5 nitrogen and oxygen atoms in total. The second-order valence-corrected chi connectivity index (χ2v) is 9.33. The fraction of sp³-hybridized carbons (Fsp3) is 0.265. The first-order chi connectivity index (χ1) is 19.2. The van der Waals surface area contributed by atoms with E-state index in [9.17, 15) is 4.79 Å². The van der Waals surface area contributed by atoms with Crippen LogP contribution in [0.4, 0.5) is 0 Å². The van der Waals surface area contributed by atoms with Gasteiger partial charge < -0.3 is 18.9 Å². The van der Waals surface area contributed by atoms with Crippen molar-refractivity contribution in [1.82, 2.24) is 0 Å². The Morgan fingerprint density at radius 2 is 1.31 bits per heavy atom. The molecule has 0 saturated heterocycles. The van der Waals surface area contributed by atoms with Gasteiger partial charge in [0, 0.05) is 0 Å². The lowest BCUT2D eigenvalue weighted by Gasteiger charge is -2.17. The van der Waals surface area contributed by atoms with E-state index < -0.39 is 0 Å². The number of rotatable bonds is 15. The van der Waals surface area contributed by atoms with E-state index in [2.05, 4.69) is 30.3 Å². The van der Waals surface area contributed by atoms with Gasteiger partial charge in [-0.1, -0.05) is 91.7 Å². The summed E-state index contributed by atoms with van der Waals surface area (Å²) in [6.45, 7) is 1.60. The summed E-state index contributed by atoms with van der Waals surface area (Å²) in [5, 5.41) is 0. The van der Waals surface area contributed by atoms with E-state index in [1.165, 1.54) is 7.11 Å². The number of aryl methyl sites for hydroxylation is 1. The van der Waals surface area contributed by atoms with Crippen LogP contribution in [0.3, 0.4) is 0 Å². The average Bonchev–Trinajstić information content (AvgIpc) is 2.99. The molecule has 0 unspecified atom stereocenters. The molecule has 0 N–H and O–H groups in total. The third kappa shape index (κ3) is 8.92. The Kier molecular flexibility index (Phi) is 10.8. The van der Waals surface area contributed by atoms with Crippen LogP contribution in [0, 0.1) is 0 Å². The SMILES string of the molecule is COC(=O)c1cccc(OCCCCCCc2cccc(OCc3ccccc3)c2OCc2ccccc2)c1. The molecular formula is C34H36O5. The zero-order valence-corrected chi connectivity index (χ0v) is 22.5. The van der Waals surface area contributed by atoms with Crippen LogP contribution >= 0.6 is 0 Å². The number of benzene rings is 4. The predicted octanol–water partition coefficient (Wildman–Crippen LogP) is 7.81. The van der Waals surface area contributed by atoms with Crippen LogP contribution in [0.5, 0.6) is 17.2 Å². The van der Waals surface area contributed by atoms with Crippen molar-refractivity contribution in [2.45, 2.75) is 45.3 Å². The van der Waals surface area contributed by atoms with E-state index in [0.29, 0.717) is 31.1 Å². The van der Waals surface area contributed by atoms with Crippen LogP contribution in [0.25, 0.3) is 0 Å². The summed E-state index contributed by atoms with van der Waals surface area (Å²) in [6.07, 6.45) is 5.04. The molecule has 0 amide bonds. The van der Waals surface area contributed by atoms with Gasteiger partial charge >= 0.3 is 5.97 Å². The molecule has 0 radical (unpaired) electrons. The molecule has 0 aromatic heterocycles. The molecule has 39 heavy (non-hydrogen) atoms. The maximum atomic E-state index is 11.7. The molecule has 4 aromatic carbocycles. The highest BCUT2D eigenvalue weighted by Gasteiger charge is 2.12. The molecular weight excluding hydrogens is 488 g/mol. The van der Waals surface area contributed by atoms with E-state index in [1.54, 1.807) is 18.2 Å². The van der Waals surface area contributed by atoms with Gasteiger partial charge in [0.1, 0.15) is 19.0 Å². The molecule has 4 rings (SSSR count). The number of ether oxygens (including phenoxy) is 4. The zero-order valence-electron chi connectivity index (χ0n) is 22.5. The fourth-order valence-corrected chi connectivity index (χ4v) is 4.29. The second kappa shape index (κ2) is 15.2. The quantitative estimate of drug-likeness (QED) is 0.117. The summed E-state index contributed by atoms with van der Waals surface area (Å²) < 4.78 is 23.2. The van der Waals surface area contributed by atoms with Crippen LogP contribution in [0.15, 0.2) is 103 Å². The van der Waals surface area contributed by atoms with Crippen molar-refractivity contribution in [3.63, 3.8) is 0 Å². The molecule has 0 saturated carbocycles. The number of hydrogen-bond donors (Lipinski definition) is 0. The van der Waals surface area contributed by atoms with Crippen molar-refractivity contribution in [1.29, 1.82) is 0 Å². The fourth-order valence-electron chi connectivity index (χ4n) is 4.29. The first-order valence-electron chi connectivity index (χ1n) is 13.5. The number of para-hydroxylation sites is 1. The molecule has 0 spiro atoms. The highest BCUT2D eigenvalue weighted by Crippen LogP contribution is 2.34. The van der Waals surface area contributed by atoms with Crippen molar-refractivity contribution < 1.29 is 23.7 Å². The number of carbonyl (C=O) groups excluding carboxylic acids is 1. The van der Waals surface area contributed by atoms with Crippen molar-refractivity contribution in [2.24, 2.45) is 0 Å². The van der Waals surface area contributed by atoms with Crippen LogP contribution in [-0.4, -0.2) is 19.7 Å². The lowest BCUT2D eigenvalue weighted by atomic mass is 10.0. The summed E-state index contributed by atoms with van der Waals surface area (Å²) >= 11 is 0. The Balaban J connectivity index is 1.28. The lowest BCUT2D eigenvalue weighted by Crippen LogP contribution is -2.04. The average molecular weight is 525 g/mol. The lowest BCUT2D eigenvalue weighted by molar-refractivity contribution is 0.0600. The van der Waals surface area contributed by atoms with Crippen LogP contribution in [-0.2, 0) is 24.4 Å². The standard InChI is InChI=1S/C34H36O5/c1-36-34(35)30-20-12-21-31(24-30)37-23-11-3-2-10-18-29-19-13-22-32(38-25-27-14-6-4-7-15-27)33(29)39-26-28-16-8-5-9-17-28/h4-9,12-17,19-22,24H,2-3,10-11,18,23,25-26H2,1H3. The van der Waals surface area contributed by atoms with E-state index in [0.717, 1.165) is 60.3 Å². The van der Waals surface area contributed by atoms with Crippen LogP contribution < -0.4 is 14.2 Å². The Labute approximate surface area is 231 Å². The van der Waals surface area contributed by atoms with E-state index in [4.69, 9.17) is 18.9 Å². The van der Waals surface area contributed by atoms with Gasteiger partial charge in [-0.05, 0) is 60.2 Å². The van der Waals surface area contributed by atoms with Crippen molar-refractivity contribution in [3.05, 3.63) is 125 Å².